The van der Waals surface area contributed by atoms with Crippen molar-refractivity contribution in [2.45, 2.75) is 45.4 Å². The van der Waals surface area contributed by atoms with E-state index in [1.165, 1.54) is 11.9 Å². The molecule has 2 aromatic rings. The lowest BCUT2D eigenvalue weighted by Crippen LogP contribution is -2.50. The maximum atomic E-state index is 13.7. The van der Waals surface area contributed by atoms with E-state index in [1.54, 1.807) is 39.0 Å². The Kier molecular flexibility index (Phi) is 6.47. The van der Waals surface area contributed by atoms with E-state index in [2.05, 4.69) is 10.6 Å². The molecule has 0 radical (unpaired) electrons. The maximum absolute atomic E-state index is 13.7. The number of anilines is 1. The Bertz CT molecular complexity index is 1050. The van der Waals surface area contributed by atoms with Crippen LogP contribution in [0.15, 0.2) is 36.4 Å². The van der Waals surface area contributed by atoms with Gasteiger partial charge in [-0.15, -0.1) is 0 Å². The van der Waals surface area contributed by atoms with Crippen LogP contribution in [0.25, 0.3) is 0 Å². The van der Waals surface area contributed by atoms with Gasteiger partial charge < -0.3 is 20.3 Å². The van der Waals surface area contributed by atoms with E-state index >= 15 is 0 Å². The van der Waals surface area contributed by atoms with Gasteiger partial charge in [-0.05, 0) is 62.2 Å². The van der Waals surface area contributed by atoms with E-state index in [0.29, 0.717) is 17.8 Å². The van der Waals surface area contributed by atoms with Crippen LogP contribution in [0, 0.1) is 11.6 Å². The average Bonchev–Trinajstić information content (AvgIpc) is 3.04. The van der Waals surface area contributed by atoms with Crippen LogP contribution in [-0.2, 0) is 22.5 Å². The number of nitrogens with zero attached hydrogens (tertiary/aromatic N) is 1. The Balaban J connectivity index is 1.86. The fourth-order valence-corrected chi connectivity index (χ4v) is 3.40. The number of ether oxygens (including phenoxy) is 1. The summed E-state index contributed by atoms with van der Waals surface area (Å²) in [6.45, 7) is 5.39. The van der Waals surface area contributed by atoms with Crippen LogP contribution in [0.3, 0.4) is 0 Å². The van der Waals surface area contributed by atoms with Crippen molar-refractivity contribution in [1.82, 2.24) is 10.6 Å². The predicted molar refractivity (Wildman–Crippen MR) is 114 cm³/mol. The highest BCUT2D eigenvalue weighted by molar-refractivity contribution is 6.01. The maximum Gasteiger partial charge on any atom is 0.408 e. The first-order valence-electron chi connectivity index (χ1n) is 10.1. The van der Waals surface area contributed by atoms with Crippen molar-refractivity contribution in [2.24, 2.45) is 0 Å². The molecule has 0 saturated carbocycles. The highest BCUT2D eigenvalue weighted by Gasteiger charge is 2.29. The van der Waals surface area contributed by atoms with Crippen LogP contribution in [0.5, 0.6) is 0 Å². The lowest BCUT2D eigenvalue weighted by molar-refractivity contribution is -0.120. The first-order chi connectivity index (χ1) is 14.9. The number of amides is 3. The number of fused-ring (bicyclic) bond motifs is 1. The lowest BCUT2D eigenvalue weighted by Gasteiger charge is -2.27. The topological polar surface area (TPSA) is 87.7 Å². The number of rotatable bonds is 5. The summed E-state index contributed by atoms with van der Waals surface area (Å²) in [4.78, 5) is 38.7. The minimum absolute atomic E-state index is 0.151. The normalized spacial score (nSPS) is 13.8. The molecule has 3 amide bonds. The van der Waals surface area contributed by atoms with Crippen LogP contribution >= 0.6 is 0 Å². The molecule has 0 saturated heterocycles. The molecule has 1 aliphatic heterocycles. The van der Waals surface area contributed by atoms with Gasteiger partial charge in [0.1, 0.15) is 23.3 Å². The quantitative estimate of drug-likeness (QED) is 0.739. The molecular weight excluding hydrogens is 420 g/mol. The third-order valence-electron chi connectivity index (χ3n) is 4.84. The van der Waals surface area contributed by atoms with Gasteiger partial charge in [0.05, 0.1) is 0 Å². The van der Waals surface area contributed by atoms with Crippen molar-refractivity contribution in [3.05, 3.63) is 64.7 Å². The first-order valence-corrected chi connectivity index (χ1v) is 10.1. The predicted octanol–water partition coefficient (Wildman–Crippen LogP) is 3.31. The average molecular weight is 445 g/mol. The first kappa shape index (κ1) is 23.2. The number of alkyl carbamates (subject to hydrolysis) is 1. The third kappa shape index (κ3) is 5.60. The zero-order chi connectivity index (χ0) is 23.6. The molecule has 0 spiro atoms. The van der Waals surface area contributed by atoms with Crippen LogP contribution in [0.2, 0.25) is 0 Å². The fraction of sp³-hybridized carbons (Fsp3) is 0.348. The summed E-state index contributed by atoms with van der Waals surface area (Å²) >= 11 is 0. The smallest absolute Gasteiger partial charge is 0.408 e. The van der Waals surface area contributed by atoms with Gasteiger partial charge in [0.2, 0.25) is 5.91 Å². The summed E-state index contributed by atoms with van der Waals surface area (Å²) in [6, 6.07) is 6.73. The second-order valence-electron chi connectivity index (χ2n) is 8.60. The van der Waals surface area contributed by atoms with Gasteiger partial charge in [0.15, 0.2) is 0 Å². The number of carbonyl (C=O) groups excluding carboxylic acids is 3. The number of hydrogen-bond donors (Lipinski definition) is 2. The van der Waals surface area contributed by atoms with E-state index in [1.807, 2.05) is 0 Å². The Labute approximate surface area is 184 Å². The van der Waals surface area contributed by atoms with Gasteiger partial charge in [0.25, 0.3) is 5.91 Å². The summed E-state index contributed by atoms with van der Waals surface area (Å²) in [6.07, 6.45) is -0.980. The van der Waals surface area contributed by atoms with E-state index in [0.717, 1.165) is 23.8 Å². The highest BCUT2D eigenvalue weighted by Crippen LogP contribution is 2.23. The van der Waals surface area contributed by atoms with Gasteiger partial charge in [-0.3, -0.25) is 9.59 Å². The molecular formula is C23H25F2N3O4. The van der Waals surface area contributed by atoms with Gasteiger partial charge in [0, 0.05) is 37.3 Å². The van der Waals surface area contributed by atoms with Crippen LogP contribution in [-0.4, -0.2) is 36.6 Å². The van der Waals surface area contributed by atoms with Crippen molar-refractivity contribution < 1.29 is 27.9 Å². The van der Waals surface area contributed by atoms with Crippen molar-refractivity contribution >= 4 is 23.6 Å². The zero-order valence-electron chi connectivity index (χ0n) is 18.3. The minimum Gasteiger partial charge on any atom is -0.444 e. The van der Waals surface area contributed by atoms with Crippen LogP contribution in [0.1, 0.15) is 42.3 Å². The molecule has 1 aliphatic rings. The molecule has 1 atom stereocenters. The molecule has 0 fully saturated rings. The van der Waals surface area contributed by atoms with Gasteiger partial charge in [-0.25, -0.2) is 13.6 Å². The Morgan fingerprint density at radius 3 is 2.44 bits per heavy atom. The van der Waals surface area contributed by atoms with Crippen LogP contribution < -0.4 is 15.5 Å². The molecule has 0 bridgehead atoms. The fourth-order valence-electron chi connectivity index (χ4n) is 3.40. The standard InChI is InChI=1S/C23H25F2N3O4/c1-23(2,3)32-22(31)27-19(9-13-7-15(24)11-16(25)8-13)21(30)28(4)17-5-6-18-14(10-17)12-26-20(18)29/h5-8,10-11,19H,9,12H2,1-4H3,(H,26,29)(H,27,31)/t19-/m0/s1. The summed E-state index contributed by atoms with van der Waals surface area (Å²) < 4.78 is 32.6. The number of benzene rings is 2. The molecule has 2 N–H and O–H groups in total. The molecule has 32 heavy (non-hydrogen) atoms. The molecule has 7 nitrogen and oxygen atoms in total. The highest BCUT2D eigenvalue weighted by atomic mass is 19.1. The van der Waals surface area contributed by atoms with E-state index < -0.39 is 35.3 Å². The summed E-state index contributed by atoms with van der Waals surface area (Å²) in [5.74, 6) is -2.27. The molecule has 0 aromatic heterocycles. The van der Waals surface area contributed by atoms with Crippen molar-refractivity contribution in [2.75, 3.05) is 11.9 Å². The van der Waals surface area contributed by atoms with Gasteiger partial charge >= 0.3 is 6.09 Å². The molecule has 0 aliphatic carbocycles. The largest absolute Gasteiger partial charge is 0.444 e. The summed E-state index contributed by atoms with van der Waals surface area (Å²) in [5, 5.41) is 5.21. The third-order valence-corrected chi connectivity index (χ3v) is 4.84. The van der Waals surface area contributed by atoms with Gasteiger partial charge in [-0.2, -0.15) is 0 Å². The SMILES string of the molecule is CN(C(=O)[C@H](Cc1cc(F)cc(F)c1)NC(=O)OC(C)(C)C)c1ccc2c(c1)CNC2=O. The minimum atomic E-state index is -1.15. The van der Waals surface area contributed by atoms with E-state index in [-0.39, 0.29) is 17.9 Å². The summed E-state index contributed by atoms with van der Waals surface area (Å²) in [5.41, 5.74) is 1.19. The van der Waals surface area contributed by atoms with E-state index in [4.69, 9.17) is 4.74 Å². The number of hydrogen-bond acceptors (Lipinski definition) is 4. The Hall–Kier alpha value is -3.49. The molecule has 9 heteroatoms. The lowest BCUT2D eigenvalue weighted by atomic mass is 10.0. The second-order valence-corrected chi connectivity index (χ2v) is 8.60. The molecule has 3 rings (SSSR count). The second kappa shape index (κ2) is 8.94. The van der Waals surface area contributed by atoms with Crippen molar-refractivity contribution in [3.63, 3.8) is 0 Å². The molecule has 1 heterocycles. The monoisotopic (exact) mass is 445 g/mol. The molecule has 0 unspecified atom stereocenters. The summed E-state index contributed by atoms with van der Waals surface area (Å²) in [7, 11) is 1.52. The van der Waals surface area contributed by atoms with Crippen molar-refractivity contribution in [1.29, 1.82) is 0 Å². The van der Waals surface area contributed by atoms with Crippen molar-refractivity contribution in [3.8, 4) is 0 Å². The van der Waals surface area contributed by atoms with Gasteiger partial charge in [-0.1, -0.05) is 0 Å². The number of halogens is 2. The molecule has 2 aromatic carbocycles. The van der Waals surface area contributed by atoms with E-state index in [9.17, 15) is 23.2 Å². The number of likely N-dealkylation sites (N-methyl/N-ethyl adjacent to an activating group) is 1. The van der Waals surface area contributed by atoms with Crippen LogP contribution in [0.4, 0.5) is 19.3 Å². The Morgan fingerprint density at radius 1 is 1.16 bits per heavy atom. The number of nitrogens with one attached hydrogen (secondary N) is 2. The Morgan fingerprint density at radius 2 is 1.81 bits per heavy atom. The zero-order valence-corrected chi connectivity index (χ0v) is 18.3. The number of carbonyl (C=O) groups is 3. The molecule has 170 valence electrons.